The molecule has 0 radical (unpaired) electrons. The van der Waals surface area contributed by atoms with Crippen LogP contribution in [0.4, 0.5) is 0 Å². The number of hydrogen-bond acceptors (Lipinski definition) is 2. The van der Waals surface area contributed by atoms with Crippen molar-refractivity contribution in [3.63, 3.8) is 0 Å². The molecule has 1 rings (SSSR count). The van der Waals surface area contributed by atoms with Crippen molar-refractivity contribution >= 4 is 0 Å². The third-order valence-electron chi connectivity index (χ3n) is 1.96. The molecule has 0 N–H and O–H groups in total. The van der Waals surface area contributed by atoms with Crippen LogP contribution >= 0.6 is 0 Å². The minimum absolute atomic E-state index is 0.0544. The second-order valence-corrected chi connectivity index (χ2v) is 3.35. The zero-order valence-corrected chi connectivity index (χ0v) is 7.67. The summed E-state index contributed by atoms with van der Waals surface area (Å²) in [6, 6.07) is 0. The lowest BCUT2D eigenvalue weighted by Crippen LogP contribution is -2.35. The van der Waals surface area contributed by atoms with Crippen molar-refractivity contribution in [2.45, 2.75) is 58.5 Å². The van der Waals surface area contributed by atoms with Gasteiger partial charge in [-0.2, -0.15) is 0 Å². The van der Waals surface area contributed by atoms with Gasteiger partial charge < -0.3 is 9.47 Å². The molecular weight excluding hydrogens is 140 g/mol. The summed E-state index contributed by atoms with van der Waals surface area (Å²) in [7, 11) is 0. The van der Waals surface area contributed by atoms with Crippen LogP contribution in [0.3, 0.4) is 0 Å². The van der Waals surface area contributed by atoms with Crippen LogP contribution in [0.25, 0.3) is 0 Å². The second kappa shape index (κ2) is 4.07. The molecule has 1 aliphatic heterocycles. The predicted molar refractivity (Wildman–Crippen MR) is 44.4 cm³/mol. The van der Waals surface area contributed by atoms with Gasteiger partial charge in [-0.25, -0.2) is 0 Å². The van der Waals surface area contributed by atoms with Gasteiger partial charge in [0.2, 0.25) is 0 Å². The highest BCUT2D eigenvalue weighted by molar-refractivity contribution is 4.65. The van der Waals surface area contributed by atoms with Crippen molar-refractivity contribution in [3.05, 3.63) is 0 Å². The molecule has 0 amide bonds. The van der Waals surface area contributed by atoms with Crippen molar-refractivity contribution in [1.82, 2.24) is 0 Å². The lowest BCUT2D eigenvalue weighted by Gasteiger charge is -2.32. The van der Waals surface area contributed by atoms with E-state index in [4.69, 9.17) is 9.47 Å². The first-order valence-corrected chi connectivity index (χ1v) is 4.53. The fourth-order valence-electron chi connectivity index (χ4n) is 1.50. The van der Waals surface area contributed by atoms with E-state index in [0.29, 0.717) is 12.2 Å². The average Bonchev–Trinajstić information content (AvgIpc) is 1.85. The van der Waals surface area contributed by atoms with Crippen LogP contribution in [0.1, 0.15) is 40.0 Å². The molecule has 2 nitrogen and oxygen atoms in total. The van der Waals surface area contributed by atoms with E-state index in [1.807, 2.05) is 0 Å². The Morgan fingerprint density at radius 3 is 2.18 bits per heavy atom. The molecule has 0 aliphatic carbocycles. The van der Waals surface area contributed by atoms with Crippen LogP contribution in [0.15, 0.2) is 0 Å². The highest BCUT2D eigenvalue weighted by atomic mass is 16.7. The van der Waals surface area contributed by atoms with Gasteiger partial charge in [-0.05, 0) is 26.7 Å². The standard InChI is InChI=1S/C9H18O2/c1-4-5-9-10-7(2)6-8(3)11-9/h7-9H,4-6H2,1-3H3/t7-,8-/m1/s1. The Labute approximate surface area is 68.9 Å². The van der Waals surface area contributed by atoms with Crippen molar-refractivity contribution in [2.75, 3.05) is 0 Å². The maximum atomic E-state index is 5.57. The van der Waals surface area contributed by atoms with Crippen LogP contribution in [-0.2, 0) is 9.47 Å². The molecule has 0 bridgehead atoms. The van der Waals surface area contributed by atoms with Crippen molar-refractivity contribution in [3.8, 4) is 0 Å². The van der Waals surface area contributed by atoms with Crippen LogP contribution in [0, 0.1) is 0 Å². The molecule has 1 saturated heterocycles. The minimum atomic E-state index is 0.0544. The molecular formula is C9H18O2. The van der Waals surface area contributed by atoms with Crippen LogP contribution < -0.4 is 0 Å². The molecule has 0 unspecified atom stereocenters. The third-order valence-corrected chi connectivity index (χ3v) is 1.96. The summed E-state index contributed by atoms with van der Waals surface area (Å²) < 4.78 is 11.1. The van der Waals surface area contributed by atoms with Gasteiger partial charge in [0.25, 0.3) is 0 Å². The molecule has 0 aromatic rings. The van der Waals surface area contributed by atoms with Gasteiger partial charge in [-0.1, -0.05) is 13.3 Å². The Morgan fingerprint density at radius 2 is 1.73 bits per heavy atom. The summed E-state index contributed by atoms with van der Waals surface area (Å²) in [5.74, 6) is 0. The lowest BCUT2D eigenvalue weighted by atomic mass is 10.1. The van der Waals surface area contributed by atoms with E-state index in [2.05, 4.69) is 20.8 Å². The third kappa shape index (κ3) is 2.80. The summed E-state index contributed by atoms with van der Waals surface area (Å²) in [6.45, 7) is 6.38. The van der Waals surface area contributed by atoms with Gasteiger partial charge in [0.1, 0.15) is 0 Å². The molecule has 1 heterocycles. The molecule has 0 spiro atoms. The van der Waals surface area contributed by atoms with E-state index in [1.54, 1.807) is 0 Å². The SMILES string of the molecule is CCCC1O[C@H](C)C[C@@H](C)O1. The summed E-state index contributed by atoms with van der Waals surface area (Å²) in [6.07, 6.45) is 3.98. The van der Waals surface area contributed by atoms with Crippen molar-refractivity contribution in [2.24, 2.45) is 0 Å². The van der Waals surface area contributed by atoms with Crippen LogP contribution in [0.2, 0.25) is 0 Å². The van der Waals surface area contributed by atoms with Crippen LogP contribution in [-0.4, -0.2) is 18.5 Å². The molecule has 2 heteroatoms. The lowest BCUT2D eigenvalue weighted by molar-refractivity contribution is -0.236. The smallest absolute Gasteiger partial charge is 0.158 e. The van der Waals surface area contributed by atoms with Gasteiger partial charge in [0.15, 0.2) is 6.29 Å². The van der Waals surface area contributed by atoms with Gasteiger partial charge in [-0.15, -0.1) is 0 Å². The summed E-state index contributed by atoms with van der Waals surface area (Å²) in [4.78, 5) is 0. The first-order chi connectivity index (χ1) is 5.22. The second-order valence-electron chi connectivity index (χ2n) is 3.35. The molecule has 66 valence electrons. The summed E-state index contributed by atoms with van der Waals surface area (Å²) in [5, 5.41) is 0. The highest BCUT2D eigenvalue weighted by Crippen LogP contribution is 2.20. The van der Waals surface area contributed by atoms with Gasteiger partial charge in [-0.3, -0.25) is 0 Å². The Balaban J connectivity index is 2.30. The number of rotatable bonds is 2. The molecule has 11 heavy (non-hydrogen) atoms. The predicted octanol–water partition coefficient (Wildman–Crippen LogP) is 2.33. The van der Waals surface area contributed by atoms with Crippen molar-refractivity contribution < 1.29 is 9.47 Å². The van der Waals surface area contributed by atoms with E-state index in [0.717, 1.165) is 19.3 Å². The Kier molecular flexibility index (Phi) is 3.34. The Bertz CT molecular complexity index is 104. The zero-order chi connectivity index (χ0) is 8.27. The topological polar surface area (TPSA) is 18.5 Å². The molecule has 1 fully saturated rings. The maximum absolute atomic E-state index is 5.57. The molecule has 1 aliphatic rings. The average molecular weight is 158 g/mol. The highest BCUT2D eigenvalue weighted by Gasteiger charge is 2.23. The number of ether oxygens (including phenoxy) is 2. The normalized spacial score (nSPS) is 39.0. The molecule has 0 saturated carbocycles. The molecule has 2 atom stereocenters. The first-order valence-electron chi connectivity index (χ1n) is 4.53. The minimum Gasteiger partial charge on any atom is -0.350 e. The number of hydrogen-bond donors (Lipinski definition) is 0. The fraction of sp³-hybridized carbons (Fsp3) is 1.00. The Hall–Kier alpha value is -0.0800. The van der Waals surface area contributed by atoms with E-state index in [-0.39, 0.29) is 6.29 Å². The van der Waals surface area contributed by atoms with E-state index >= 15 is 0 Å². The fourth-order valence-corrected chi connectivity index (χ4v) is 1.50. The summed E-state index contributed by atoms with van der Waals surface area (Å²) >= 11 is 0. The van der Waals surface area contributed by atoms with Crippen molar-refractivity contribution in [1.29, 1.82) is 0 Å². The largest absolute Gasteiger partial charge is 0.350 e. The summed E-state index contributed by atoms with van der Waals surface area (Å²) in [5.41, 5.74) is 0. The van der Waals surface area contributed by atoms with E-state index < -0.39 is 0 Å². The quantitative estimate of drug-likeness (QED) is 0.614. The first kappa shape index (κ1) is 9.01. The molecule has 0 aromatic carbocycles. The van der Waals surface area contributed by atoms with E-state index in [9.17, 15) is 0 Å². The van der Waals surface area contributed by atoms with Gasteiger partial charge >= 0.3 is 0 Å². The van der Waals surface area contributed by atoms with Crippen LogP contribution in [0.5, 0.6) is 0 Å². The maximum Gasteiger partial charge on any atom is 0.158 e. The van der Waals surface area contributed by atoms with Gasteiger partial charge in [0.05, 0.1) is 12.2 Å². The molecule has 0 aromatic heterocycles. The van der Waals surface area contributed by atoms with Gasteiger partial charge in [0, 0.05) is 0 Å². The zero-order valence-electron chi connectivity index (χ0n) is 7.67. The van der Waals surface area contributed by atoms with E-state index in [1.165, 1.54) is 0 Å². The Morgan fingerprint density at radius 1 is 1.18 bits per heavy atom. The monoisotopic (exact) mass is 158 g/mol.